The Morgan fingerprint density at radius 1 is 1.40 bits per heavy atom. The van der Waals surface area contributed by atoms with Gasteiger partial charge in [-0.3, -0.25) is 0 Å². The minimum atomic E-state index is 0.525. The Bertz CT molecular complexity index is 473. The van der Waals surface area contributed by atoms with Crippen LogP contribution < -0.4 is 5.32 Å². The van der Waals surface area contributed by atoms with E-state index in [1.54, 1.807) is 0 Å². The third-order valence-electron chi connectivity index (χ3n) is 3.24. The van der Waals surface area contributed by atoms with Crippen molar-refractivity contribution in [2.24, 2.45) is 7.05 Å². The summed E-state index contributed by atoms with van der Waals surface area (Å²) in [6.07, 6.45) is 1.24. The number of aryl methyl sites for hydroxylation is 1. The Morgan fingerprint density at radius 2 is 2.13 bits per heavy atom. The first-order valence-electron chi connectivity index (χ1n) is 5.25. The van der Waals surface area contributed by atoms with E-state index in [4.69, 9.17) is 0 Å². The molecular formula is C12H13BrN2. The molecule has 0 amide bonds. The second-order valence-corrected chi connectivity index (χ2v) is 4.86. The number of nitrogens with zero attached hydrogens (tertiary/aromatic N) is 1. The van der Waals surface area contributed by atoms with Gasteiger partial charge in [0.25, 0.3) is 0 Å². The fourth-order valence-corrected chi connectivity index (χ4v) is 3.15. The van der Waals surface area contributed by atoms with Crippen molar-refractivity contribution in [1.29, 1.82) is 0 Å². The molecule has 1 saturated heterocycles. The highest BCUT2D eigenvalue weighted by molar-refractivity contribution is 9.10. The maximum absolute atomic E-state index is 3.72. The number of nitrogens with one attached hydrogen (secondary N) is 1. The molecule has 15 heavy (non-hydrogen) atoms. The van der Waals surface area contributed by atoms with Crippen LogP contribution in [-0.2, 0) is 7.05 Å². The topological polar surface area (TPSA) is 17.0 Å². The SMILES string of the molecule is Cn1c(C2CCN2)c(Br)c2ccccc21. The van der Waals surface area contributed by atoms with Gasteiger partial charge in [0.1, 0.15) is 0 Å². The van der Waals surface area contributed by atoms with Gasteiger partial charge >= 0.3 is 0 Å². The Hall–Kier alpha value is -0.800. The lowest BCUT2D eigenvalue weighted by atomic mass is 10.0. The van der Waals surface area contributed by atoms with Gasteiger partial charge in [-0.15, -0.1) is 0 Å². The fourth-order valence-electron chi connectivity index (χ4n) is 2.28. The van der Waals surface area contributed by atoms with Gasteiger partial charge in [0.15, 0.2) is 0 Å². The zero-order valence-electron chi connectivity index (χ0n) is 8.63. The molecule has 1 unspecified atom stereocenters. The van der Waals surface area contributed by atoms with Gasteiger partial charge in [-0.25, -0.2) is 0 Å². The van der Waals surface area contributed by atoms with E-state index in [0.717, 1.165) is 6.54 Å². The van der Waals surface area contributed by atoms with Crippen molar-refractivity contribution >= 4 is 26.8 Å². The van der Waals surface area contributed by atoms with Gasteiger partial charge in [0.2, 0.25) is 0 Å². The number of hydrogen-bond donors (Lipinski definition) is 1. The van der Waals surface area contributed by atoms with E-state index >= 15 is 0 Å². The van der Waals surface area contributed by atoms with Gasteiger partial charge in [-0.05, 0) is 35.0 Å². The smallest absolute Gasteiger partial charge is 0.0499 e. The standard InChI is InChI=1S/C12H13BrN2/c1-15-10-5-3-2-4-8(10)11(13)12(15)9-6-7-14-9/h2-5,9,14H,6-7H2,1H3. The van der Waals surface area contributed by atoms with Crippen LogP contribution >= 0.6 is 15.9 Å². The summed E-state index contributed by atoms with van der Waals surface area (Å²) < 4.78 is 3.54. The normalized spacial score (nSPS) is 20.5. The second kappa shape index (κ2) is 3.35. The van der Waals surface area contributed by atoms with Crippen LogP contribution in [0.25, 0.3) is 10.9 Å². The Kier molecular flexibility index (Phi) is 2.11. The molecule has 3 heteroatoms. The van der Waals surface area contributed by atoms with Gasteiger partial charge in [0.05, 0.1) is 0 Å². The summed E-state index contributed by atoms with van der Waals surface area (Å²) in [6, 6.07) is 9.04. The number of halogens is 1. The van der Waals surface area contributed by atoms with Crippen LogP contribution in [0.5, 0.6) is 0 Å². The molecule has 2 heterocycles. The maximum Gasteiger partial charge on any atom is 0.0499 e. The number of aromatic nitrogens is 1. The van der Waals surface area contributed by atoms with E-state index in [2.05, 4.69) is 57.1 Å². The number of fused-ring (bicyclic) bond motifs is 1. The molecule has 1 N–H and O–H groups in total. The molecule has 2 aromatic rings. The van der Waals surface area contributed by atoms with Crippen molar-refractivity contribution in [3.05, 3.63) is 34.4 Å². The average molecular weight is 265 g/mol. The van der Waals surface area contributed by atoms with Crippen LogP contribution in [-0.4, -0.2) is 11.1 Å². The summed E-state index contributed by atoms with van der Waals surface area (Å²) in [6.45, 7) is 1.14. The maximum atomic E-state index is 3.72. The predicted octanol–water partition coefficient (Wildman–Crippen LogP) is 2.98. The summed E-state index contributed by atoms with van der Waals surface area (Å²) in [4.78, 5) is 0. The first-order chi connectivity index (χ1) is 7.29. The fraction of sp³-hybridized carbons (Fsp3) is 0.333. The van der Waals surface area contributed by atoms with Crippen molar-refractivity contribution in [2.75, 3.05) is 6.54 Å². The minimum Gasteiger partial charge on any atom is -0.345 e. The van der Waals surface area contributed by atoms with Crippen LogP contribution in [0, 0.1) is 0 Å². The molecule has 3 rings (SSSR count). The highest BCUT2D eigenvalue weighted by Gasteiger charge is 2.25. The second-order valence-electron chi connectivity index (χ2n) is 4.07. The van der Waals surface area contributed by atoms with Gasteiger partial charge in [-0.1, -0.05) is 18.2 Å². The molecule has 78 valence electrons. The van der Waals surface area contributed by atoms with E-state index in [1.807, 2.05) is 0 Å². The van der Waals surface area contributed by atoms with Crippen molar-refractivity contribution in [3.63, 3.8) is 0 Å². The monoisotopic (exact) mass is 264 g/mol. The van der Waals surface area contributed by atoms with Crippen molar-refractivity contribution in [3.8, 4) is 0 Å². The molecule has 1 aliphatic rings. The first-order valence-corrected chi connectivity index (χ1v) is 6.04. The molecule has 0 aliphatic carbocycles. The summed E-state index contributed by atoms with van der Waals surface area (Å²) in [7, 11) is 2.14. The third-order valence-corrected chi connectivity index (χ3v) is 4.08. The van der Waals surface area contributed by atoms with Crippen molar-refractivity contribution in [1.82, 2.24) is 9.88 Å². The van der Waals surface area contributed by atoms with E-state index in [-0.39, 0.29) is 0 Å². The minimum absolute atomic E-state index is 0.525. The number of para-hydroxylation sites is 1. The lowest BCUT2D eigenvalue weighted by molar-refractivity contribution is 0.367. The number of rotatable bonds is 1. The lowest BCUT2D eigenvalue weighted by Gasteiger charge is -2.28. The van der Waals surface area contributed by atoms with E-state index < -0.39 is 0 Å². The molecule has 1 atom stereocenters. The van der Waals surface area contributed by atoms with Crippen LogP contribution in [0.3, 0.4) is 0 Å². The summed E-state index contributed by atoms with van der Waals surface area (Å²) in [5.74, 6) is 0. The van der Waals surface area contributed by atoms with E-state index in [0.29, 0.717) is 6.04 Å². The van der Waals surface area contributed by atoms with Crippen LogP contribution in [0.4, 0.5) is 0 Å². The zero-order valence-corrected chi connectivity index (χ0v) is 10.2. The number of benzene rings is 1. The highest BCUT2D eigenvalue weighted by Crippen LogP contribution is 2.36. The molecule has 1 fully saturated rings. The van der Waals surface area contributed by atoms with E-state index in [9.17, 15) is 0 Å². The van der Waals surface area contributed by atoms with Gasteiger partial charge in [0, 0.05) is 34.2 Å². The molecule has 1 aliphatic heterocycles. The van der Waals surface area contributed by atoms with Crippen LogP contribution in [0.15, 0.2) is 28.7 Å². The molecule has 2 nitrogen and oxygen atoms in total. The Morgan fingerprint density at radius 3 is 2.73 bits per heavy atom. The first kappa shape index (κ1) is 9.43. The lowest BCUT2D eigenvalue weighted by Crippen LogP contribution is -2.36. The molecule has 1 aromatic heterocycles. The van der Waals surface area contributed by atoms with Crippen LogP contribution in [0.2, 0.25) is 0 Å². The molecule has 0 saturated carbocycles. The third kappa shape index (κ3) is 1.26. The largest absolute Gasteiger partial charge is 0.345 e. The average Bonchev–Trinajstić information content (AvgIpc) is 2.42. The molecular weight excluding hydrogens is 252 g/mol. The van der Waals surface area contributed by atoms with Gasteiger partial charge < -0.3 is 9.88 Å². The molecule has 1 aromatic carbocycles. The van der Waals surface area contributed by atoms with Crippen molar-refractivity contribution in [2.45, 2.75) is 12.5 Å². The summed E-state index contributed by atoms with van der Waals surface area (Å²) in [5, 5.41) is 4.76. The Balaban J connectivity index is 2.28. The zero-order chi connectivity index (χ0) is 10.4. The highest BCUT2D eigenvalue weighted by atomic mass is 79.9. The molecule has 0 radical (unpaired) electrons. The predicted molar refractivity (Wildman–Crippen MR) is 66.0 cm³/mol. The van der Waals surface area contributed by atoms with Crippen LogP contribution in [0.1, 0.15) is 18.2 Å². The van der Waals surface area contributed by atoms with Crippen molar-refractivity contribution < 1.29 is 0 Å². The van der Waals surface area contributed by atoms with E-state index in [1.165, 1.54) is 27.5 Å². The molecule has 0 spiro atoms. The molecule has 0 bridgehead atoms. The summed E-state index contributed by atoms with van der Waals surface area (Å²) >= 11 is 3.72. The Labute approximate surface area is 97.4 Å². The van der Waals surface area contributed by atoms with Gasteiger partial charge in [-0.2, -0.15) is 0 Å². The quantitative estimate of drug-likeness (QED) is 0.838. The number of hydrogen-bond acceptors (Lipinski definition) is 1. The summed E-state index contributed by atoms with van der Waals surface area (Å²) in [5.41, 5.74) is 2.68.